The van der Waals surface area contributed by atoms with Crippen LogP contribution in [0.2, 0.25) is 18.1 Å². The minimum absolute atomic E-state index is 0.669. The highest BCUT2D eigenvalue weighted by atomic mass is 79.9. The summed E-state index contributed by atoms with van der Waals surface area (Å²) >= 11 is 3.35. The molecule has 1 heterocycles. The highest BCUT2D eigenvalue weighted by Crippen LogP contribution is 2.29. The van der Waals surface area contributed by atoms with E-state index in [0.29, 0.717) is 5.76 Å². The standard InChI is InChI=1S/C12H19BrO2Si/c1-5-16(6-2,7-3)15-10(4)12-8-11(13)9-14-12/h8-9H,4-7H2,1-3H3. The fourth-order valence-electron chi connectivity index (χ4n) is 1.74. The molecule has 1 rings (SSSR count). The minimum Gasteiger partial charge on any atom is -0.541 e. The van der Waals surface area contributed by atoms with Gasteiger partial charge < -0.3 is 8.84 Å². The first kappa shape index (κ1) is 13.6. The summed E-state index contributed by atoms with van der Waals surface area (Å²) in [5.41, 5.74) is 0. The smallest absolute Gasteiger partial charge is 0.250 e. The Morgan fingerprint density at radius 3 is 2.31 bits per heavy atom. The molecule has 0 atom stereocenters. The number of furan rings is 1. The Balaban J connectivity index is 2.76. The van der Waals surface area contributed by atoms with Crippen molar-refractivity contribution >= 4 is 30.0 Å². The van der Waals surface area contributed by atoms with Gasteiger partial charge in [-0.25, -0.2) is 0 Å². The number of hydrogen-bond donors (Lipinski definition) is 0. The van der Waals surface area contributed by atoms with Gasteiger partial charge in [0.1, 0.15) is 12.0 Å². The van der Waals surface area contributed by atoms with E-state index in [0.717, 1.165) is 28.4 Å². The van der Waals surface area contributed by atoms with Crippen molar-refractivity contribution in [1.29, 1.82) is 0 Å². The average molecular weight is 303 g/mol. The number of rotatable bonds is 6. The maximum atomic E-state index is 6.11. The van der Waals surface area contributed by atoms with E-state index < -0.39 is 8.32 Å². The van der Waals surface area contributed by atoms with Gasteiger partial charge in [0.25, 0.3) is 8.32 Å². The summed E-state index contributed by atoms with van der Waals surface area (Å²) in [6, 6.07) is 5.23. The highest BCUT2D eigenvalue weighted by molar-refractivity contribution is 9.10. The molecule has 1 aromatic rings. The molecule has 0 radical (unpaired) electrons. The Kier molecular flexibility index (Phi) is 4.86. The summed E-state index contributed by atoms with van der Waals surface area (Å²) in [7, 11) is -1.63. The molecule has 0 saturated heterocycles. The highest BCUT2D eigenvalue weighted by Gasteiger charge is 2.31. The average Bonchev–Trinajstić information content (AvgIpc) is 2.73. The fourth-order valence-corrected chi connectivity index (χ4v) is 4.60. The number of halogens is 1. The van der Waals surface area contributed by atoms with Gasteiger partial charge in [-0.15, -0.1) is 0 Å². The Bertz CT molecular complexity index is 347. The third kappa shape index (κ3) is 3.01. The lowest BCUT2D eigenvalue weighted by atomic mass is 10.4. The van der Waals surface area contributed by atoms with Crippen molar-refractivity contribution in [2.75, 3.05) is 0 Å². The van der Waals surface area contributed by atoms with Gasteiger partial charge in [-0.3, -0.25) is 0 Å². The lowest BCUT2D eigenvalue weighted by Gasteiger charge is -2.29. The largest absolute Gasteiger partial charge is 0.541 e. The SMILES string of the molecule is C=C(O[Si](CC)(CC)CC)c1cc(Br)co1. The monoisotopic (exact) mass is 302 g/mol. The predicted octanol–water partition coefficient (Wildman–Crippen LogP) is 5.03. The lowest BCUT2D eigenvalue weighted by Crippen LogP contribution is -2.34. The van der Waals surface area contributed by atoms with Crippen LogP contribution >= 0.6 is 15.9 Å². The molecule has 0 aliphatic carbocycles. The van der Waals surface area contributed by atoms with Crippen molar-refractivity contribution in [3.63, 3.8) is 0 Å². The quantitative estimate of drug-likeness (QED) is 0.543. The van der Waals surface area contributed by atoms with Crippen LogP contribution in [0.1, 0.15) is 26.5 Å². The Labute approximate surface area is 107 Å². The van der Waals surface area contributed by atoms with E-state index in [1.54, 1.807) is 6.26 Å². The summed E-state index contributed by atoms with van der Waals surface area (Å²) in [6.45, 7) is 10.6. The minimum atomic E-state index is -1.63. The second kappa shape index (κ2) is 5.73. The maximum Gasteiger partial charge on any atom is 0.250 e. The third-order valence-corrected chi connectivity index (χ3v) is 8.08. The van der Waals surface area contributed by atoms with Gasteiger partial charge in [-0.2, -0.15) is 0 Å². The van der Waals surface area contributed by atoms with E-state index in [4.69, 9.17) is 8.84 Å². The van der Waals surface area contributed by atoms with Gasteiger partial charge in [-0.1, -0.05) is 27.4 Å². The summed E-state index contributed by atoms with van der Waals surface area (Å²) in [5, 5.41) is 0. The van der Waals surface area contributed by atoms with Crippen LogP contribution < -0.4 is 0 Å². The van der Waals surface area contributed by atoms with E-state index in [1.165, 1.54) is 0 Å². The van der Waals surface area contributed by atoms with E-state index in [2.05, 4.69) is 43.3 Å². The molecule has 0 spiro atoms. The predicted molar refractivity (Wildman–Crippen MR) is 73.7 cm³/mol. The van der Waals surface area contributed by atoms with Gasteiger partial charge in [0.2, 0.25) is 0 Å². The molecule has 0 N–H and O–H groups in total. The molecule has 90 valence electrons. The van der Waals surface area contributed by atoms with E-state index in [9.17, 15) is 0 Å². The first-order chi connectivity index (χ1) is 7.56. The second-order valence-corrected chi connectivity index (χ2v) is 9.51. The van der Waals surface area contributed by atoms with Gasteiger partial charge in [0.15, 0.2) is 5.76 Å². The van der Waals surface area contributed by atoms with Gasteiger partial charge in [0.05, 0.1) is 4.47 Å². The van der Waals surface area contributed by atoms with Gasteiger partial charge in [-0.05, 0) is 34.1 Å². The molecule has 16 heavy (non-hydrogen) atoms. The first-order valence-corrected chi connectivity index (χ1v) is 9.01. The Hall–Kier alpha value is -0.483. The molecule has 0 unspecified atom stereocenters. The number of hydrogen-bond acceptors (Lipinski definition) is 2. The Morgan fingerprint density at radius 1 is 1.38 bits per heavy atom. The maximum absolute atomic E-state index is 6.11. The fraction of sp³-hybridized carbons (Fsp3) is 0.500. The third-order valence-electron chi connectivity index (χ3n) is 3.12. The van der Waals surface area contributed by atoms with Crippen LogP contribution in [-0.2, 0) is 4.43 Å². The van der Waals surface area contributed by atoms with Crippen LogP contribution in [0.15, 0.2) is 27.8 Å². The van der Waals surface area contributed by atoms with Crippen LogP contribution in [-0.4, -0.2) is 8.32 Å². The molecule has 0 fully saturated rings. The van der Waals surface area contributed by atoms with Crippen LogP contribution in [0, 0.1) is 0 Å². The summed E-state index contributed by atoms with van der Waals surface area (Å²) in [6.07, 6.45) is 1.65. The molecule has 0 saturated carbocycles. The van der Waals surface area contributed by atoms with Crippen LogP contribution in [0.25, 0.3) is 5.76 Å². The first-order valence-electron chi connectivity index (χ1n) is 5.69. The normalized spacial score (nSPS) is 11.5. The van der Waals surface area contributed by atoms with E-state index in [1.807, 2.05) is 6.07 Å². The zero-order valence-electron chi connectivity index (χ0n) is 10.2. The second-order valence-electron chi connectivity index (χ2n) is 3.90. The molecule has 2 nitrogen and oxygen atoms in total. The molecule has 1 aromatic heterocycles. The molecule has 0 bridgehead atoms. The van der Waals surface area contributed by atoms with Crippen molar-refractivity contribution in [1.82, 2.24) is 0 Å². The summed E-state index contributed by atoms with van der Waals surface area (Å²) in [4.78, 5) is 0. The van der Waals surface area contributed by atoms with Gasteiger partial charge in [0, 0.05) is 6.07 Å². The molecule has 4 heteroatoms. The topological polar surface area (TPSA) is 22.4 Å². The van der Waals surface area contributed by atoms with E-state index in [-0.39, 0.29) is 0 Å². The molecule has 0 aromatic carbocycles. The molecule has 0 aliphatic rings. The van der Waals surface area contributed by atoms with E-state index >= 15 is 0 Å². The molecule has 0 aliphatic heterocycles. The lowest BCUT2D eigenvalue weighted by molar-refractivity contribution is 0.451. The zero-order valence-corrected chi connectivity index (χ0v) is 12.8. The summed E-state index contributed by atoms with van der Waals surface area (Å²) in [5.74, 6) is 1.39. The van der Waals surface area contributed by atoms with Crippen LogP contribution in [0.4, 0.5) is 0 Å². The van der Waals surface area contributed by atoms with Crippen molar-refractivity contribution in [3.05, 3.63) is 29.1 Å². The van der Waals surface area contributed by atoms with Gasteiger partial charge >= 0.3 is 0 Å². The van der Waals surface area contributed by atoms with Crippen LogP contribution in [0.3, 0.4) is 0 Å². The van der Waals surface area contributed by atoms with Crippen LogP contribution in [0.5, 0.6) is 0 Å². The molecular formula is C12H19BrO2Si. The Morgan fingerprint density at radius 2 is 1.94 bits per heavy atom. The molecular weight excluding hydrogens is 284 g/mol. The molecule has 0 amide bonds. The van der Waals surface area contributed by atoms with Crippen molar-refractivity contribution in [2.24, 2.45) is 0 Å². The van der Waals surface area contributed by atoms with Crippen molar-refractivity contribution < 1.29 is 8.84 Å². The van der Waals surface area contributed by atoms with Crippen molar-refractivity contribution in [2.45, 2.75) is 38.9 Å². The summed E-state index contributed by atoms with van der Waals surface area (Å²) < 4.78 is 12.4. The van der Waals surface area contributed by atoms with Crippen molar-refractivity contribution in [3.8, 4) is 0 Å². The zero-order chi connectivity index (χ0) is 12.2.